The third-order valence-electron chi connectivity index (χ3n) is 7.31. The molecule has 2 fully saturated rings. The number of carbonyl (C=O) groups is 2. The van der Waals surface area contributed by atoms with Gasteiger partial charge in [0, 0.05) is 31.0 Å². The van der Waals surface area contributed by atoms with E-state index < -0.39 is 23.2 Å². The molecule has 164 valence electrons. The number of benzene rings is 1. The van der Waals surface area contributed by atoms with Crippen LogP contribution in [0.5, 0.6) is 0 Å². The highest BCUT2D eigenvalue weighted by molar-refractivity contribution is 6.07. The molecule has 0 radical (unpaired) electrons. The van der Waals surface area contributed by atoms with Crippen molar-refractivity contribution >= 4 is 17.5 Å². The zero-order chi connectivity index (χ0) is 21.8. The van der Waals surface area contributed by atoms with E-state index in [4.69, 9.17) is 4.74 Å². The number of rotatable bonds is 4. The van der Waals surface area contributed by atoms with E-state index in [1.807, 2.05) is 31.2 Å². The van der Waals surface area contributed by atoms with Gasteiger partial charge in [-0.25, -0.2) is 0 Å². The molecule has 2 amide bonds. The van der Waals surface area contributed by atoms with Gasteiger partial charge >= 0.3 is 0 Å². The largest absolute Gasteiger partial charge is 0.394 e. The number of hydrogen-bond acceptors (Lipinski definition) is 5. The predicted molar refractivity (Wildman–Crippen MR) is 112 cm³/mol. The van der Waals surface area contributed by atoms with Gasteiger partial charge in [0.05, 0.1) is 36.5 Å². The summed E-state index contributed by atoms with van der Waals surface area (Å²) in [6.07, 6.45) is 1.14. The Labute approximate surface area is 177 Å². The Hall–Kier alpha value is -1.96. The quantitative estimate of drug-likeness (QED) is 0.779. The van der Waals surface area contributed by atoms with Gasteiger partial charge in [-0.15, -0.1) is 0 Å². The van der Waals surface area contributed by atoms with Crippen molar-refractivity contribution < 1.29 is 24.5 Å². The number of para-hydroxylation sites is 1. The lowest BCUT2D eigenvalue weighted by atomic mass is 9.71. The SMILES string of the molecule is C[C@@H]1[C@@H](C(C)(C)O)[C@H](CC(=O)N2CCC[C@H]2CO)O[C@@]12C(=O)N(C)c1ccccc12. The number of fused-ring (bicyclic) bond motifs is 2. The summed E-state index contributed by atoms with van der Waals surface area (Å²) in [6.45, 7) is 5.94. The number of hydrogen-bond donors (Lipinski definition) is 2. The fraction of sp³-hybridized carbons (Fsp3) is 0.652. The number of amides is 2. The first-order chi connectivity index (χ1) is 14.1. The maximum atomic E-state index is 13.4. The number of aliphatic hydroxyl groups excluding tert-OH is 1. The van der Waals surface area contributed by atoms with Crippen molar-refractivity contribution in [3.63, 3.8) is 0 Å². The van der Waals surface area contributed by atoms with Crippen molar-refractivity contribution in [2.45, 2.75) is 63.4 Å². The van der Waals surface area contributed by atoms with Gasteiger partial charge in [-0.2, -0.15) is 0 Å². The van der Waals surface area contributed by atoms with E-state index in [1.165, 1.54) is 0 Å². The Morgan fingerprint density at radius 3 is 2.70 bits per heavy atom. The van der Waals surface area contributed by atoms with E-state index in [-0.39, 0.29) is 36.8 Å². The highest BCUT2D eigenvalue weighted by Gasteiger charge is 2.65. The lowest BCUT2D eigenvalue weighted by molar-refractivity contribution is -0.150. The third-order valence-corrected chi connectivity index (χ3v) is 7.31. The highest BCUT2D eigenvalue weighted by Crippen LogP contribution is 2.57. The van der Waals surface area contributed by atoms with Crippen LogP contribution in [0.25, 0.3) is 0 Å². The van der Waals surface area contributed by atoms with Crippen LogP contribution in [0.3, 0.4) is 0 Å². The Morgan fingerprint density at radius 1 is 1.33 bits per heavy atom. The number of carbonyl (C=O) groups excluding carboxylic acids is 2. The number of anilines is 1. The second kappa shape index (κ2) is 7.32. The molecular weight excluding hydrogens is 384 g/mol. The number of ether oxygens (including phenoxy) is 1. The van der Waals surface area contributed by atoms with Crippen LogP contribution in [0.4, 0.5) is 5.69 Å². The molecule has 0 saturated carbocycles. The van der Waals surface area contributed by atoms with Crippen LogP contribution in [0.1, 0.15) is 45.6 Å². The molecule has 7 nitrogen and oxygen atoms in total. The van der Waals surface area contributed by atoms with Crippen molar-refractivity contribution in [2.24, 2.45) is 11.8 Å². The molecule has 3 heterocycles. The van der Waals surface area contributed by atoms with Gasteiger partial charge in [-0.1, -0.05) is 25.1 Å². The molecule has 30 heavy (non-hydrogen) atoms. The van der Waals surface area contributed by atoms with Crippen LogP contribution in [-0.2, 0) is 19.9 Å². The summed E-state index contributed by atoms with van der Waals surface area (Å²) in [5, 5.41) is 20.6. The van der Waals surface area contributed by atoms with Gasteiger partial charge in [0.1, 0.15) is 0 Å². The van der Waals surface area contributed by atoms with Crippen LogP contribution >= 0.6 is 0 Å². The summed E-state index contributed by atoms with van der Waals surface area (Å²) in [5.74, 6) is -0.974. The zero-order valence-corrected chi connectivity index (χ0v) is 18.2. The average molecular weight is 417 g/mol. The van der Waals surface area contributed by atoms with E-state index in [9.17, 15) is 19.8 Å². The molecule has 1 aromatic rings. The Kier molecular flexibility index (Phi) is 5.19. The molecule has 1 aromatic carbocycles. The molecule has 3 aliphatic heterocycles. The molecule has 0 aliphatic carbocycles. The van der Waals surface area contributed by atoms with E-state index in [2.05, 4.69) is 0 Å². The van der Waals surface area contributed by atoms with E-state index in [1.54, 1.807) is 30.7 Å². The standard InChI is InChI=1S/C23H32N2O5/c1-14-20(22(2,3)29)18(12-19(27)25-11-7-8-15(25)13-26)30-23(14)16-9-5-6-10-17(16)24(4)21(23)28/h5-6,9-10,14-15,18,20,26,29H,7-8,11-13H2,1-4H3/t14-,15+,18+,20-,23+/m1/s1. The predicted octanol–water partition coefficient (Wildman–Crippen LogP) is 1.65. The summed E-state index contributed by atoms with van der Waals surface area (Å²) in [6, 6.07) is 7.41. The van der Waals surface area contributed by atoms with Crippen LogP contribution in [0, 0.1) is 11.8 Å². The van der Waals surface area contributed by atoms with Crippen molar-refractivity contribution in [1.29, 1.82) is 0 Å². The molecule has 0 unspecified atom stereocenters. The Bertz CT molecular complexity index is 850. The molecule has 7 heteroatoms. The molecule has 4 rings (SSSR count). The van der Waals surface area contributed by atoms with Crippen molar-refractivity contribution in [1.82, 2.24) is 4.90 Å². The number of likely N-dealkylation sites (N-methyl/N-ethyl adjacent to an activating group) is 1. The lowest BCUT2D eigenvalue weighted by Crippen LogP contribution is -2.46. The number of likely N-dealkylation sites (tertiary alicyclic amines) is 1. The summed E-state index contributed by atoms with van der Waals surface area (Å²) in [5.41, 5.74) is -0.743. The van der Waals surface area contributed by atoms with Crippen LogP contribution < -0.4 is 4.90 Å². The summed E-state index contributed by atoms with van der Waals surface area (Å²) in [7, 11) is 1.74. The lowest BCUT2D eigenvalue weighted by Gasteiger charge is -2.34. The summed E-state index contributed by atoms with van der Waals surface area (Å²) in [4.78, 5) is 29.9. The summed E-state index contributed by atoms with van der Waals surface area (Å²) >= 11 is 0. The third kappa shape index (κ3) is 2.98. The second-order valence-corrected chi connectivity index (χ2v) is 9.51. The molecule has 0 bridgehead atoms. The van der Waals surface area contributed by atoms with Gasteiger partial charge in [0.15, 0.2) is 5.60 Å². The zero-order valence-electron chi connectivity index (χ0n) is 18.2. The van der Waals surface area contributed by atoms with Crippen LogP contribution in [-0.4, -0.2) is 64.9 Å². The van der Waals surface area contributed by atoms with Gasteiger partial charge in [-0.05, 0) is 32.8 Å². The molecule has 2 N–H and O–H groups in total. The molecule has 5 atom stereocenters. The van der Waals surface area contributed by atoms with E-state index in [0.29, 0.717) is 6.54 Å². The van der Waals surface area contributed by atoms with Crippen LogP contribution in [0.2, 0.25) is 0 Å². The molecule has 1 spiro atoms. The molecular formula is C23H32N2O5. The molecule has 3 aliphatic rings. The molecule has 0 aromatic heterocycles. The number of nitrogens with zero attached hydrogens (tertiary/aromatic N) is 2. The summed E-state index contributed by atoms with van der Waals surface area (Å²) < 4.78 is 6.51. The first-order valence-corrected chi connectivity index (χ1v) is 10.8. The van der Waals surface area contributed by atoms with Gasteiger partial charge in [0.25, 0.3) is 5.91 Å². The first kappa shape index (κ1) is 21.3. The Balaban J connectivity index is 1.70. The maximum absolute atomic E-state index is 13.4. The van der Waals surface area contributed by atoms with Gasteiger partial charge in [-0.3, -0.25) is 9.59 Å². The fourth-order valence-electron chi connectivity index (χ4n) is 5.98. The van der Waals surface area contributed by atoms with Gasteiger partial charge < -0.3 is 24.7 Å². The van der Waals surface area contributed by atoms with Crippen molar-refractivity contribution in [3.05, 3.63) is 29.8 Å². The van der Waals surface area contributed by atoms with Crippen LogP contribution in [0.15, 0.2) is 24.3 Å². The molecule has 2 saturated heterocycles. The highest BCUT2D eigenvalue weighted by atomic mass is 16.5. The minimum Gasteiger partial charge on any atom is -0.394 e. The first-order valence-electron chi connectivity index (χ1n) is 10.8. The smallest absolute Gasteiger partial charge is 0.264 e. The number of aliphatic hydroxyl groups is 2. The van der Waals surface area contributed by atoms with Crippen molar-refractivity contribution in [2.75, 3.05) is 25.1 Å². The minimum atomic E-state index is -1.21. The normalized spacial score (nSPS) is 33.6. The van der Waals surface area contributed by atoms with E-state index in [0.717, 1.165) is 24.1 Å². The minimum absolute atomic E-state index is 0.0524. The van der Waals surface area contributed by atoms with E-state index >= 15 is 0 Å². The Morgan fingerprint density at radius 2 is 2.03 bits per heavy atom. The van der Waals surface area contributed by atoms with Gasteiger partial charge in [0.2, 0.25) is 5.91 Å². The monoisotopic (exact) mass is 416 g/mol. The van der Waals surface area contributed by atoms with Crippen molar-refractivity contribution in [3.8, 4) is 0 Å². The fourth-order valence-corrected chi connectivity index (χ4v) is 5.98. The topological polar surface area (TPSA) is 90.3 Å². The second-order valence-electron chi connectivity index (χ2n) is 9.51. The maximum Gasteiger partial charge on any atom is 0.264 e. The average Bonchev–Trinajstić information content (AvgIpc) is 3.34.